The molecule has 0 saturated heterocycles. The predicted octanol–water partition coefficient (Wildman–Crippen LogP) is 11.9. The fourth-order valence-corrected chi connectivity index (χ4v) is 9.05. The van der Waals surface area contributed by atoms with E-state index in [1.54, 1.807) is 0 Å². The number of rotatable bonds is 6. The van der Waals surface area contributed by atoms with E-state index in [4.69, 9.17) is 20.1 Å². The molecular formula is C52H35N7. The molecule has 7 nitrogen and oxygen atoms in total. The lowest BCUT2D eigenvalue weighted by Crippen LogP contribution is -2.32. The Morgan fingerprint density at radius 2 is 0.966 bits per heavy atom. The molecule has 12 rings (SSSR count). The largest absolute Gasteiger partial charge is 0.312 e. The highest BCUT2D eigenvalue weighted by molar-refractivity contribution is 6.10. The van der Waals surface area contributed by atoms with Gasteiger partial charge < -0.3 is 4.57 Å². The van der Waals surface area contributed by atoms with Crippen LogP contribution < -0.4 is 5.01 Å². The summed E-state index contributed by atoms with van der Waals surface area (Å²) < 4.78 is 4.62. The highest BCUT2D eigenvalue weighted by Gasteiger charge is 2.38. The topological polar surface area (TPSA) is 64.1 Å². The Labute approximate surface area is 340 Å². The van der Waals surface area contributed by atoms with E-state index in [2.05, 4.69) is 154 Å². The molecule has 3 aromatic heterocycles. The zero-order chi connectivity index (χ0) is 38.9. The lowest BCUT2D eigenvalue weighted by Gasteiger charge is -2.29. The first-order valence-electron chi connectivity index (χ1n) is 20.0. The first kappa shape index (κ1) is 33.3. The van der Waals surface area contributed by atoms with Crippen LogP contribution in [0, 0.1) is 0 Å². The number of hydrogen-bond donors (Lipinski definition) is 0. The molecule has 0 bridgehead atoms. The van der Waals surface area contributed by atoms with Crippen LogP contribution in [0.1, 0.15) is 17.2 Å². The molecule has 2 atom stereocenters. The van der Waals surface area contributed by atoms with Crippen LogP contribution in [0.25, 0.3) is 84.3 Å². The lowest BCUT2D eigenvalue weighted by atomic mass is 9.88. The molecule has 0 amide bonds. The van der Waals surface area contributed by atoms with Crippen LogP contribution in [0.5, 0.6) is 0 Å². The summed E-state index contributed by atoms with van der Waals surface area (Å²) in [7, 11) is 0. The molecule has 1 aliphatic carbocycles. The third-order valence-electron chi connectivity index (χ3n) is 11.8. The lowest BCUT2D eigenvalue weighted by molar-refractivity contribution is 0.696. The van der Waals surface area contributed by atoms with E-state index in [-0.39, 0.29) is 12.0 Å². The normalized spacial score (nSPS) is 15.6. The van der Waals surface area contributed by atoms with E-state index >= 15 is 0 Å². The molecule has 2 aliphatic rings. The van der Waals surface area contributed by atoms with Gasteiger partial charge in [-0.2, -0.15) is 15.1 Å². The Morgan fingerprint density at radius 1 is 0.424 bits per heavy atom. The molecule has 0 spiro atoms. The third-order valence-corrected chi connectivity index (χ3v) is 11.8. The molecule has 0 N–H and O–H groups in total. The fraction of sp³-hybridized carbons (Fsp3) is 0.0385. The number of para-hydroxylation sites is 3. The number of nitrogens with zero attached hydrogens (tertiary/aromatic N) is 7. The summed E-state index contributed by atoms with van der Waals surface area (Å²) in [6, 6.07) is 63.7. The van der Waals surface area contributed by atoms with Gasteiger partial charge >= 0.3 is 0 Å². The van der Waals surface area contributed by atoms with Gasteiger partial charge in [-0.05, 0) is 65.7 Å². The Morgan fingerprint density at radius 3 is 1.63 bits per heavy atom. The summed E-state index contributed by atoms with van der Waals surface area (Å²) in [4.78, 5) is 15.2. The first-order chi connectivity index (χ1) is 29.3. The van der Waals surface area contributed by atoms with Gasteiger partial charge in [-0.3, -0.25) is 9.58 Å². The second kappa shape index (κ2) is 13.4. The van der Waals surface area contributed by atoms with Crippen LogP contribution in [0.15, 0.2) is 193 Å². The summed E-state index contributed by atoms with van der Waals surface area (Å²) in [6.07, 6.45) is 6.76. The summed E-state index contributed by atoms with van der Waals surface area (Å²) in [5, 5.41) is 10.6. The first-order valence-corrected chi connectivity index (χ1v) is 20.0. The predicted molar refractivity (Wildman–Crippen MR) is 240 cm³/mol. The van der Waals surface area contributed by atoms with Crippen LogP contribution in [0.4, 0.5) is 5.69 Å². The molecule has 0 saturated carbocycles. The van der Waals surface area contributed by atoms with Gasteiger partial charge in [0.2, 0.25) is 5.95 Å². The number of fused-ring (bicyclic) bond motifs is 8. The van der Waals surface area contributed by atoms with Crippen molar-refractivity contribution in [2.45, 2.75) is 12.0 Å². The van der Waals surface area contributed by atoms with Gasteiger partial charge in [-0.25, -0.2) is 4.98 Å². The van der Waals surface area contributed by atoms with Crippen LogP contribution in [0.3, 0.4) is 0 Å². The van der Waals surface area contributed by atoms with Gasteiger partial charge in [0, 0.05) is 50.4 Å². The molecule has 2 unspecified atom stereocenters. The van der Waals surface area contributed by atoms with Crippen LogP contribution in [-0.4, -0.2) is 36.3 Å². The Bertz CT molecular complexity index is 3220. The quantitative estimate of drug-likeness (QED) is 0.169. The minimum atomic E-state index is 0.0905. The van der Waals surface area contributed by atoms with Gasteiger partial charge in [0.1, 0.15) is 0 Å². The summed E-state index contributed by atoms with van der Waals surface area (Å²) in [5.41, 5.74) is 12.2. The van der Waals surface area contributed by atoms with E-state index in [1.165, 1.54) is 22.2 Å². The maximum absolute atomic E-state index is 5.12. The van der Waals surface area contributed by atoms with Crippen LogP contribution in [0.2, 0.25) is 0 Å². The average Bonchev–Trinajstić information content (AvgIpc) is 4.00. The van der Waals surface area contributed by atoms with Crippen molar-refractivity contribution in [1.82, 2.24) is 24.1 Å². The van der Waals surface area contributed by atoms with Crippen molar-refractivity contribution < 1.29 is 0 Å². The van der Waals surface area contributed by atoms with Crippen molar-refractivity contribution >= 4 is 50.7 Å². The van der Waals surface area contributed by atoms with E-state index in [0.29, 0.717) is 17.6 Å². The molecule has 7 heteroatoms. The van der Waals surface area contributed by atoms with Crippen molar-refractivity contribution in [2.75, 3.05) is 5.01 Å². The maximum atomic E-state index is 5.12. The van der Waals surface area contributed by atoms with Gasteiger partial charge in [-0.15, -0.1) is 0 Å². The van der Waals surface area contributed by atoms with Crippen LogP contribution >= 0.6 is 0 Å². The smallest absolute Gasteiger partial charge is 0.238 e. The van der Waals surface area contributed by atoms with E-state index in [9.17, 15) is 0 Å². The summed E-state index contributed by atoms with van der Waals surface area (Å²) >= 11 is 0. The average molecular weight is 758 g/mol. The van der Waals surface area contributed by atoms with E-state index < -0.39 is 0 Å². The minimum absolute atomic E-state index is 0.0905. The van der Waals surface area contributed by atoms with Crippen molar-refractivity contribution in [1.29, 1.82) is 0 Å². The highest BCUT2D eigenvalue weighted by Crippen LogP contribution is 2.45. The highest BCUT2D eigenvalue weighted by atomic mass is 15.5. The van der Waals surface area contributed by atoms with Gasteiger partial charge in [0.05, 0.1) is 34.2 Å². The zero-order valence-electron chi connectivity index (χ0n) is 31.8. The molecule has 278 valence electrons. The molecule has 59 heavy (non-hydrogen) atoms. The zero-order valence-corrected chi connectivity index (χ0v) is 31.8. The molecule has 1 aliphatic heterocycles. The van der Waals surface area contributed by atoms with Gasteiger partial charge in [-0.1, -0.05) is 140 Å². The molecule has 10 aromatic rings. The van der Waals surface area contributed by atoms with Gasteiger partial charge in [0.25, 0.3) is 0 Å². The summed E-state index contributed by atoms with van der Waals surface area (Å²) in [5.74, 6) is 1.94. The summed E-state index contributed by atoms with van der Waals surface area (Å²) in [6.45, 7) is 0. The molecule has 4 heterocycles. The van der Waals surface area contributed by atoms with E-state index in [1.807, 2.05) is 60.7 Å². The number of aromatic nitrogens is 5. The Hall–Kier alpha value is -7.90. The van der Waals surface area contributed by atoms with Crippen molar-refractivity contribution in [3.05, 3.63) is 199 Å². The SMILES string of the molecule is C1=CC2C(C=NN2c2ccccc2)c2c1c1cc(-c3ccc4c(c3)c3ccccc3n4-c3nc(-c4ccccc4)nc(-c4ccccc4)n3)ccc1n2-c1ccccc1. The molecule has 0 fully saturated rings. The maximum Gasteiger partial charge on any atom is 0.238 e. The monoisotopic (exact) mass is 757 g/mol. The Kier molecular flexibility index (Phi) is 7.53. The van der Waals surface area contributed by atoms with Crippen molar-refractivity contribution in [3.63, 3.8) is 0 Å². The Balaban J connectivity index is 1.02. The standard InChI is InChI=1S/C52H35N7/c1-5-15-34(16-6-1)50-54-51(35-17-7-2-8-18-35)56-52(55-50)58-45-24-14-13-23-40(45)42-31-36(26-29-47(42)58)37-25-28-46-43(32-37)41-27-30-48-44(33-53-59(48)39-21-11-4-12-22-39)49(41)57(46)38-19-9-3-10-20-38/h1-33,44,48H. The second-order valence-corrected chi connectivity index (χ2v) is 15.1. The fourth-order valence-electron chi connectivity index (χ4n) is 9.05. The second-order valence-electron chi connectivity index (χ2n) is 15.1. The van der Waals surface area contributed by atoms with Crippen LogP contribution in [-0.2, 0) is 0 Å². The van der Waals surface area contributed by atoms with Gasteiger partial charge in [0.15, 0.2) is 11.6 Å². The number of hydrazone groups is 1. The van der Waals surface area contributed by atoms with E-state index in [0.717, 1.165) is 55.4 Å². The number of hydrogen-bond acceptors (Lipinski definition) is 5. The number of benzene rings is 7. The molecule has 7 aromatic carbocycles. The molecule has 0 radical (unpaired) electrons. The number of anilines is 1. The minimum Gasteiger partial charge on any atom is -0.312 e. The third kappa shape index (κ3) is 5.36. The van der Waals surface area contributed by atoms with Crippen molar-refractivity contribution in [2.24, 2.45) is 5.10 Å². The van der Waals surface area contributed by atoms with Crippen molar-refractivity contribution in [3.8, 4) is 45.5 Å². The molecular weight excluding hydrogens is 723 g/mol.